The molecule has 0 spiro atoms. The SMILES string of the molecule is Nc1cc(C2CCN(C(=O)c3ccc(-c4ccccc4)c(C4CC4)c3)CC2)no1. The number of likely N-dealkylation sites (tertiary alicyclic amines) is 1. The lowest BCUT2D eigenvalue weighted by Crippen LogP contribution is -2.38. The van der Waals surface area contributed by atoms with Gasteiger partial charge in [-0.05, 0) is 60.4 Å². The van der Waals surface area contributed by atoms with Gasteiger partial charge >= 0.3 is 0 Å². The zero-order chi connectivity index (χ0) is 19.8. The molecule has 1 amide bonds. The summed E-state index contributed by atoms with van der Waals surface area (Å²) in [6, 6.07) is 18.5. The van der Waals surface area contributed by atoms with Crippen LogP contribution < -0.4 is 5.73 Å². The minimum atomic E-state index is 0.129. The molecular formula is C24H25N3O2. The number of anilines is 1. The van der Waals surface area contributed by atoms with Crippen LogP contribution in [-0.2, 0) is 0 Å². The number of hydrogen-bond donors (Lipinski definition) is 1. The molecule has 5 heteroatoms. The van der Waals surface area contributed by atoms with Crippen LogP contribution in [0, 0.1) is 0 Å². The predicted molar refractivity (Wildman–Crippen MR) is 113 cm³/mol. The van der Waals surface area contributed by atoms with Gasteiger partial charge in [0, 0.05) is 30.6 Å². The Bertz CT molecular complexity index is 1020. The first-order valence-corrected chi connectivity index (χ1v) is 10.4. The molecule has 1 aliphatic heterocycles. The first-order chi connectivity index (χ1) is 14.2. The first-order valence-electron chi connectivity index (χ1n) is 10.4. The standard InChI is InChI=1S/C24H25N3O2/c25-23-15-22(26-29-23)18-10-12-27(13-11-18)24(28)19-8-9-20(16-4-2-1-3-5-16)21(14-19)17-6-7-17/h1-5,8-9,14-15,17-18H,6-7,10-13,25H2. The number of amides is 1. The fraction of sp³-hybridized carbons (Fsp3) is 0.333. The van der Waals surface area contributed by atoms with Crippen molar-refractivity contribution >= 4 is 11.8 Å². The molecule has 29 heavy (non-hydrogen) atoms. The summed E-state index contributed by atoms with van der Waals surface area (Å²) in [5.41, 5.74) is 11.1. The van der Waals surface area contributed by atoms with E-state index in [1.54, 1.807) is 6.07 Å². The number of piperidine rings is 1. The van der Waals surface area contributed by atoms with E-state index in [-0.39, 0.29) is 5.91 Å². The minimum absolute atomic E-state index is 0.129. The summed E-state index contributed by atoms with van der Waals surface area (Å²) in [4.78, 5) is 15.1. The Balaban J connectivity index is 1.33. The third-order valence-electron chi connectivity index (χ3n) is 6.15. The largest absolute Gasteiger partial charge is 0.368 e. The summed E-state index contributed by atoms with van der Waals surface area (Å²) < 4.78 is 5.00. The predicted octanol–water partition coefficient (Wildman–Crippen LogP) is 4.82. The Kier molecular flexibility index (Phi) is 4.58. The third-order valence-corrected chi connectivity index (χ3v) is 6.15. The molecule has 2 fully saturated rings. The molecule has 2 N–H and O–H groups in total. The second-order valence-electron chi connectivity index (χ2n) is 8.16. The van der Waals surface area contributed by atoms with Crippen LogP contribution in [0.5, 0.6) is 0 Å². The fourth-order valence-electron chi connectivity index (χ4n) is 4.37. The molecular weight excluding hydrogens is 362 g/mol. The van der Waals surface area contributed by atoms with Crippen molar-refractivity contribution in [3.8, 4) is 11.1 Å². The molecule has 2 aromatic carbocycles. The number of benzene rings is 2. The number of carbonyl (C=O) groups excluding carboxylic acids is 1. The Hall–Kier alpha value is -3.08. The van der Waals surface area contributed by atoms with E-state index in [0.29, 0.717) is 17.7 Å². The number of nitrogens with two attached hydrogens (primary N) is 1. The van der Waals surface area contributed by atoms with E-state index < -0.39 is 0 Å². The number of hydrogen-bond acceptors (Lipinski definition) is 4. The molecule has 0 bridgehead atoms. The van der Waals surface area contributed by atoms with Crippen molar-refractivity contribution < 1.29 is 9.32 Å². The van der Waals surface area contributed by atoms with E-state index in [4.69, 9.17) is 10.3 Å². The molecule has 5 rings (SSSR count). The number of nitrogens with zero attached hydrogens (tertiary/aromatic N) is 2. The van der Waals surface area contributed by atoms with Crippen LogP contribution >= 0.6 is 0 Å². The summed E-state index contributed by atoms with van der Waals surface area (Å²) in [5.74, 6) is 1.37. The molecule has 5 nitrogen and oxygen atoms in total. The molecule has 148 valence electrons. The molecule has 1 saturated heterocycles. The molecule has 0 atom stereocenters. The zero-order valence-corrected chi connectivity index (χ0v) is 16.4. The lowest BCUT2D eigenvalue weighted by atomic mass is 9.92. The van der Waals surface area contributed by atoms with Gasteiger partial charge < -0.3 is 15.2 Å². The van der Waals surface area contributed by atoms with E-state index in [9.17, 15) is 4.79 Å². The van der Waals surface area contributed by atoms with Crippen LogP contribution in [0.15, 0.2) is 59.1 Å². The summed E-state index contributed by atoms with van der Waals surface area (Å²) in [6.07, 6.45) is 4.19. The van der Waals surface area contributed by atoms with Gasteiger partial charge in [-0.15, -0.1) is 0 Å². The maximum absolute atomic E-state index is 13.2. The molecule has 1 saturated carbocycles. The normalized spacial score (nSPS) is 17.4. The molecule has 0 radical (unpaired) electrons. The van der Waals surface area contributed by atoms with Gasteiger partial charge in [-0.3, -0.25) is 4.79 Å². The number of carbonyl (C=O) groups is 1. The van der Waals surface area contributed by atoms with Crippen LogP contribution in [0.2, 0.25) is 0 Å². The smallest absolute Gasteiger partial charge is 0.253 e. The average molecular weight is 387 g/mol. The third kappa shape index (κ3) is 3.65. The molecule has 1 aromatic heterocycles. The van der Waals surface area contributed by atoms with E-state index in [0.717, 1.165) is 37.2 Å². The first kappa shape index (κ1) is 18.0. The van der Waals surface area contributed by atoms with E-state index >= 15 is 0 Å². The Morgan fingerprint density at radius 3 is 2.38 bits per heavy atom. The fourth-order valence-corrected chi connectivity index (χ4v) is 4.37. The van der Waals surface area contributed by atoms with Crippen molar-refractivity contribution in [2.45, 2.75) is 37.5 Å². The van der Waals surface area contributed by atoms with Crippen LogP contribution in [0.3, 0.4) is 0 Å². The Morgan fingerprint density at radius 2 is 1.72 bits per heavy atom. The minimum Gasteiger partial charge on any atom is -0.368 e. The van der Waals surface area contributed by atoms with Gasteiger partial charge in [0.15, 0.2) is 0 Å². The summed E-state index contributed by atoms with van der Waals surface area (Å²) in [6.45, 7) is 1.46. The van der Waals surface area contributed by atoms with Crippen molar-refractivity contribution in [2.75, 3.05) is 18.8 Å². The quantitative estimate of drug-likeness (QED) is 0.696. The van der Waals surface area contributed by atoms with Crippen molar-refractivity contribution in [3.63, 3.8) is 0 Å². The van der Waals surface area contributed by atoms with Gasteiger partial charge in [0.05, 0.1) is 5.69 Å². The second-order valence-corrected chi connectivity index (χ2v) is 8.16. The number of nitrogen functional groups attached to an aromatic ring is 1. The lowest BCUT2D eigenvalue weighted by molar-refractivity contribution is 0.0711. The topological polar surface area (TPSA) is 72.4 Å². The van der Waals surface area contributed by atoms with Crippen LogP contribution in [-0.4, -0.2) is 29.1 Å². The summed E-state index contributed by atoms with van der Waals surface area (Å²) >= 11 is 0. The van der Waals surface area contributed by atoms with E-state index in [1.807, 2.05) is 17.0 Å². The summed E-state index contributed by atoms with van der Waals surface area (Å²) in [7, 11) is 0. The van der Waals surface area contributed by atoms with Gasteiger partial charge in [0.25, 0.3) is 5.91 Å². The summed E-state index contributed by atoms with van der Waals surface area (Å²) in [5, 5.41) is 4.04. The highest BCUT2D eigenvalue weighted by molar-refractivity contribution is 5.95. The molecule has 3 aromatic rings. The zero-order valence-electron chi connectivity index (χ0n) is 16.4. The number of rotatable bonds is 4. The van der Waals surface area contributed by atoms with Gasteiger partial charge in [0.2, 0.25) is 5.88 Å². The highest BCUT2D eigenvalue weighted by Crippen LogP contribution is 2.45. The van der Waals surface area contributed by atoms with Crippen molar-refractivity contribution in [3.05, 3.63) is 71.4 Å². The highest BCUT2D eigenvalue weighted by Gasteiger charge is 2.30. The van der Waals surface area contributed by atoms with Gasteiger partial charge in [0.1, 0.15) is 0 Å². The van der Waals surface area contributed by atoms with Gasteiger partial charge in [-0.1, -0.05) is 41.6 Å². The van der Waals surface area contributed by atoms with Crippen LogP contribution in [0.1, 0.15) is 59.1 Å². The Labute approximate surface area is 170 Å². The van der Waals surface area contributed by atoms with Crippen molar-refractivity contribution in [2.24, 2.45) is 0 Å². The van der Waals surface area contributed by atoms with Crippen LogP contribution in [0.25, 0.3) is 11.1 Å². The highest BCUT2D eigenvalue weighted by atomic mass is 16.5. The monoisotopic (exact) mass is 387 g/mol. The molecule has 0 unspecified atom stereocenters. The number of aromatic nitrogens is 1. The van der Waals surface area contributed by atoms with Crippen LogP contribution in [0.4, 0.5) is 5.88 Å². The van der Waals surface area contributed by atoms with Crippen molar-refractivity contribution in [1.29, 1.82) is 0 Å². The molecule has 2 heterocycles. The molecule has 1 aliphatic carbocycles. The lowest BCUT2D eigenvalue weighted by Gasteiger charge is -2.31. The molecule has 2 aliphatic rings. The van der Waals surface area contributed by atoms with Gasteiger partial charge in [-0.25, -0.2) is 0 Å². The van der Waals surface area contributed by atoms with Gasteiger partial charge in [-0.2, -0.15) is 0 Å². The van der Waals surface area contributed by atoms with E-state index in [1.165, 1.54) is 29.5 Å². The maximum Gasteiger partial charge on any atom is 0.253 e. The maximum atomic E-state index is 13.2. The van der Waals surface area contributed by atoms with E-state index in [2.05, 4.69) is 41.6 Å². The second kappa shape index (κ2) is 7.39. The van der Waals surface area contributed by atoms with Crippen molar-refractivity contribution in [1.82, 2.24) is 10.1 Å². The Morgan fingerprint density at radius 1 is 0.966 bits per heavy atom. The average Bonchev–Trinajstić information content (AvgIpc) is 3.54.